The topological polar surface area (TPSA) is 73.6 Å². The summed E-state index contributed by atoms with van der Waals surface area (Å²) in [6.07, 6.45) is 1.63. The van der Waals surface area contributed by atoms with Crippen molar-refractivity contribution < 1.29 is 14.3 Å². The molecule has 0 spiro atoms. The van der Waals surface area contributed by atoms with Gasteiger partial charge in [-0.25, -0.2) is 0 Å². The predicted molar refractivity (Wildman–Crippen MR) is 54.3 cm³/mol. The molecule has 2 aliphatic rings. The Hall–Kier alpha value is -0.650. The maximum absolute atomic E-state index is 11.8. The zero-order chi connectivity index (χ0) is 10.7. The molecule has 0 radical (unpaired) electrons. The van der Waals surface area contributed by atoms with Gasteiger partial charge >= 0.3 is 0 Å². The van der Waals surface area contributed by atoms with Crippen molar-refractivity contribution in [3.05, 3.63) is 0 Å². The standard InChI is InChI=1S/C10H18N2O3/c11-10(2-4-15-7-10)9(13)12-5-8-1-3-14-6-8/h8H,1-7,11H2,(H,12,13). The third-order valence-electron chi connectivity index (χ3n) is 3.08. The highest BCUT2D eigenvalue weighted by atomic mass is 16.5. The van der Waals surface area contributed by atoms with Crippen molar-refractivity contribution in [2.45, 2.75) is 18.4 Å². The van der Waals surface area contributed by atoms with Gasteiger partial charge in [0.05, 0.1) is 13.2 Å². The van der Waals surface area contributed by atoms with Gasteiger partial charge in [-0.05, 0) is 12.8 Å². The van der Waals surface area contributed by atoms with Crippen LogP contribution in [0.2, 0.25) is 0 Å². The number of carbonyl (C=O) groups excluding carboxylic acids is 1. The van der Waals surface area contributed by atoms with Gasteiger partial charge in [-0.1, -0.05) is 0 Å². The number of ether oxygens (including phenoxy) is 2. The van der Waals surface area contributed by atoms with Crippen LogP contribution in [0.5, 0.6) is 0 Å². The number of hydrogen-bond donors (Lipinski definition) is 2. The first kappa shape index (κ1) is 10.9. The Morgan fingerprint density at radius 2 is 2.33 bits per heavy atom. The third kappa shape index (κ3) is 2.48. The zero-order valence-electron chi connectivity index (χ0n) is 8.83. The number of nitrogens with two attached hydrogens (primary N) is 1. The molecule has 1 amide bonds. The van der Waals surface area contributed by atoms with Crippen LogP contribution in [0.25, 0.3) is 0 Å². The zero-order valence-corrected chi connectivity index (χ0v) is 8.83. The molecule has 0 saturated carbocycles. The fourth-order valence-corrected chi connectivity index (χ4v) is 1.92. The molecule has 0 aromatic rings. The highest BCUT2D eigenvalue weighted by Gasteiger charge is 2.38. The highest BCUT2D eigenvalue weighted by molar-refractivity contribution is 5.86. The Morgan fingerprint density at radius 3 is 2.93 bits per heavy atom. The Kier molecular flexibility index (Phi) is 3.23. The smallest absolute Gasteiger partial charge is 0.242 e. The second-order valence-corrected chi connectivity index (χ2v) is 4.40. The van der Waals surface area contributed by atoms with Crippen molar-refractivity contribution in [2.75, 3.05) is 33.0 Å². The van der Waals surface area contributed by atoms with Crippen LogP contribution >= 0.6 is 0 Å². The van der Waals surface area contributed by atoms with Crippen LogP contribution in [0.4, 0.5) is 0 Å². The van der Waals surface area contributed by atoms with E-state index < -0.39 is 5.54 Å². The Bertz CT molecular complexity index is 233. The molecule has 2 rings (SSSR count). The Labute approximate surface area is 89.3 Å². The molecular weight excluding hydrogens is 196 g/mol. The molecule has 2 saturated heterocycles. The second kappa shape index (κ2) is 4.47. The minimum atomic E-state index is -0.806. The van der Waals surface area contributed by atoms with Crippen LogP contribution in [0.3, 0.4) is 0 Å². The molecule has 0 bridgehead atoms. The van der Waals surface area contributed by atoms with Crippen molar-refractivity contribution >= 4 is 5.91 Å². The predicted octanol–water partition coefficient (Wildman–Crippen LogP) is -0.743. The molecule has 5 nitrogen and oxygen atoms in total. The van der Waals surface area contributed by atoms with Crippen LogP contribution in [0.1, 0.15) is 12.8 Å². The van der Waals surface area contributed by atoms with Gasteiger partial charge in [-0.2, -0.15) is 0 Å². The lowest BCUT2D eigenvalue weighted by atomic mass is 9.99. The molecule has 2 atom stereocenters. The van der Waals surface area contributed by atoms with E-state index in [4.69, 9.17) is 15.2 Å². The van der Waals surface area contributed by atoms with Gasteiger partial charge in [0, 0.05) is 25.7 Å². The normalized spacial score (nSPS) is 35.7. The van der Waals surface area contributed by atoms with Crippen molar-refractivity contribution in [3.63, 3.8) is 0 Å². The van der Waals surface area contributed by atoms with Gasteiger partial charge in [0.25, 0.3) is 0 Å². The molecule has 0 aromatic heterocycles. The third-order valence-corrected chi connectivity index (χ3v) is 3.08. The molecule has 2 aliphatic heterocycles. The first-order valence-electron chi connectivity index (χ1n) is 5.43. The number of rotatable bonds is 3. The van der Waals surface area contributed by atoms with E-state index in [1.165, 1.54) is 0 Å². The van der Waals surface area contributed by atoms with Crippen LogP contribution in [-0.4, -0.2) is 44.4 Å². The van der Waals surface area contributed by atoms with E-state index >= 15 is 0 Å². The van der Waals surface area contributed by atoms with Crippen LogP contribution < -0.4 is 11.1 Å². The SMILES string of the molecule is NC1(C(=O)NCC2CCOC2)CCOC1. The fourth-order valence-electron chi connectivity index (χ4n) is 1.92. The number of carbonyl (C=O) groups is 1. The molecule has 2 fully saturated rings. The maximum Gasteiger partial charge on any atom is 0.242 e. The largest absolute Gasteiger partial charge is 0.381 e. The Balaban J connectivity index is 1.76. The fraction of sp³-hybridized carbons (Fsp3) is 0.900. The van der Waals surface area contributed by atoms with E-state index in [0.29, 0.717) is 32.1 Å². The molecule has 0 aliphatic carbocycles. The summed E-state index contributed by atoms with van der Waals surface area (Å²) in [7, 11) is 0. The number of nitrogens with one attached hydrogen (secondary N) is 1. The molecule has 2 unspecified atom stereocenters. The first-order valence-corrected chi connectivity index (χ1v) is 5.43. The van der Waals surface area contributed by atoms with Crippen LogP contribution in [-0.2, 0) is 14.3 Å². The van der Waals surface area contributed by atoms with Gasteiger partial charge in [-0.3, -0.25) is 4.79 Å². The van der Waals surface area contributed by atoms with E-state index in [2.05, 4.69) is 5.32 Å². The lowest BCUT2D eigenvalue weighted by Crippen LogP contribution is -2.55. The van der Waals surface area contributed by atoms with E-state index in [1.54, 1.807) is 0 Å². The van der Waals surface area contributed by atoms with E-state index in [0.717, 1.165) is 19.6 Å². The summed E-state index contributed by atoms with van der Waals surface area (Å²) >= 11 is 0. The number of amides is 1. The van der Waals surface area contributed by atoms with E-state index in [1.807, 2.05) is 0 Å². The summed E-state index contributed by atoms with van der Waals surface area (Å²) in [5, 5.41) is 2.88. The molecule has 3 N–H and O–H groups in total. The number of hydrogen-bond acceptors (Lipinski definition) is 4. The highest BCUT2D eigenvalue weighted by Crippen LogP contribution is 2.16. The monoisotopic (exact) mass is 214 g/mol. The summed E-state index contributed by atoms with van der Waals surface area (Å²) in [6.45, 7) is 3.13. The van der Waals surface area contributed by atoms with Crippen molar-refractivity contribution in [1.29, 1.82) is 0 Å². The average molecular weight is 214 g/mol. The molecule has 2 heterocycles. The van der Waals surface area contributed by atoms with Crippen molar-refractivity contribution in [3.8, 4) is 0 Å². The summed E-state index contributed by atoms with van der Waals surface area (Å²) in [4.78, 5) is 11.8. The lowest BCUT2D eigenvalue weighted by molar-refractivity contribution is -0.126. The minimum absolute atomic E-state index is 0.0908. The molecule has 15 heavy (non-hydrogen) atoms. The summed E-state index contributed by atoms with van der Waals surface area (Å²) < 4.78 is 10.4. The van der Waals surface area contributed by atoms with Crippen molar-refractivity contribution in [1.82, 2.24) is 5.32 Å². The molecule has 5 heteroatoms. The lowest BCUT2D eigenvalue weighted by Gasteiger charge is -2.21. The van der Waals surface area contributed by atoms with E-state index in [9.17, 15) is 4.79 Å². The van der Waals surface area contributed by atoms with Crippen LogP contribution in [0.15, 0.2) is 0 Å². The summed E-state index contributed by atoms with van der Waals surface area (Å²) in [5.41, 5.74) is 5.11. The van der Waals surface area contributed by atoms with Gasteiger partial charge < -0.3 is 20.5 Å². The molecule has 0 aromatic carbocycles. The van der Waals surface area contributed by atoms with Crippen molar-refractivity contribution in [2.24, 2.45) is 11.7 Å². The Morgan fingerprint density at radius 1 is 1.47 bits per heavy atom. The minimum Gasteiger partial charge on any atom is -0.381 e. The summed E-state index contributed by atoms with van der Waals surface area (Å²) in [5.74, 6) is 0.353. The van der Waals surface area contributed by atoms with Gasteiger partial charge in [0.15, 0.2) is 0 Å². The summed E-state index contributed by atoms with van der Waals surface area (Å²) in [6, 6.07) is 0. The molecule has 86 valence electrons. The average Bonchev–Trinajstić information content (AvgIpc) is 2.85. The van der Waals surface area contributed by atoms with Crippen LogP contribution in [0, 0.1) is 5.92 Å². The van der Waals surface area contributed by atoms with Gasteiger partial charge in [-0.15, -0.1) is 0 Å². The second-order valence-electron chi connectivity index (χ2n) is 4.40. The molecular formula is C10H18N2O3. The van der Waals surface area contributed by atoms with Gasteiger partial charge in [0.2, 0.25) is 5.91 Å². The first-order chi connectivity index (χ1) is 7.21. The van der Waals surface area contributed by atoms with E-state index in [-0.39, 0.29) is 5.91 Å². The quantitative estimate of drug-likeness (QED) is 0.649. The van der Waals surface area contributed by atoms with Gasteiger partial charge in [0.1, 0.15) is 5.54 Å². The maximum atomic E-state index is 11.8.